The smallest absolute Gasteiger partial charge is 0.239 e. The molecule has 1 amide bonds. The van der Waals surface area contributed by atoms with Crippen molar-refractivity contribution in [2.24, 2.45) is 4.99 Å². The van der Waals surface area contributed by atoms with E-state index in [1.807, 2.05) is 45.0 Å². The zero-order chi connectivity index (χ0) is 22.1. The maximum atomic E-state index is 11.6. The number of hydrogen-bond acceptors (Lipinski definition) is 4. The Bertz CT molecular complexity index is 882. The molecule has 1 saturated heterocycles. The van der Waals surface area contributed by atoms with E-state index in [2.05, 4.69) is 45.1 Å². The molecule has 7 nitrogen and oxygen atoms in total. The van der Waals surface area contributed by atoms with E-state index < -0.39 is 0 Å². The van der Waals surface area contributed by atoms with E-state index in [4.69, 9.17) is 9.73 Å². The summed E-state index contributed by atoms with van der Waals surface area (Å²) in [4.78, 5) is 18.4. The SMILES string of the molecule is CCNC(=NCc1ccc(N2CCNC(=O)C2)cc1)NCC(C)Oc1ccccc1C. The number of nitrogens with zero attached hydrogens (tertiary/aromatic N) is 2. The normalized spacial score (nSPS) is 15.3. The lowest BCUT2D eigenvalue weighted by Gasteiger charge is -2.28. The molecule has 2 aromatic carbocycles. The summed E-state index contributed by atoms with van der Waals surface area (Å²) in [6.07, 6.45) is 0.00554. The fourth-order valence-electron chi connectivity index (χ4n) is 3.37. The van der Waals surface area contributed by atoms with Gasteiger partial charge in [0.25, 0.3) is 0 Å². The summed E-state index contributed by atoms with van der Waals surface area (Å²) in [6, 6.07) is 16.3. The molecule has 1 atom stereocenters. The van der Waals surface area contributed by atoms with Gasteiger partial charge in [-0.1, -0.05) is 30.3 Å². The molecule has 1 unspecified atom stereocenters. The average molecular weight is 424 g/mol. The molecule has 0 spiro atoms. The maximum Gasteiger partial charge on any atom is 0.239 e. The Morgan fingerprint density at radius 1 is 1.19 bits per heavy atom. The van der Waals surface area contributed by atoms with Crippen LogP contribution in [0, 0.1) is 6.92 Å². The van der Waals surface area contributed by atoms with Crippen molar-refractivity contribution in [3.63, 3.8) is 0 Å². The standard InChI is InChI=1S/C24H33N5O2/c1-4-25-24(27-15-19(3)31-22-8-6-5-7-18(22)2)28-16-20-9-11-21(12-10-20)29-14-13-26-23(30)17-29/h5-12,19H,4,13-17H2,1-3H3,(H,26,30)(H2,25,27,28). The Labute approximate surface area is 184 Å². The minimum Gasteiger partial charge on any atom is -0.489 e. The van der Waals surface area contributed by atoms with Gasteiger partial charge in [0, 0.05) is 25.3 Å². The molecular formula is C24H33N5O2. The largest absolute Gasteiger partial charge is 0.489 e. The van der Waals surface area contributed by atoms with E-state index in [0.717, 1.165) is 41.6 Å². The fraction of sp³-hybridized carbons (Fsp3) is 0.417. The average Bonchev–Trinajstić information content (AvgIpc) is 2.77. The van der Waals surface area contributed by atoms with Gasteiger partial charge in [-0.2, -0.15) is 0 Å². The number of ether oxygens (including phenoxy) is 1. The summed E-state index contributed by atoms with van der Waals surface area (Å²) < 4.78 is 6.04. The number of nitrogens with one attached hydrogen (secondary N) is 3. The Morgan fingerprint density at radius 2 is 1.97 bits per heavy atom. The van der Waals surface area contributed by atoms with Gasteiger partial charge >= 0.3 is 0 Å². The molecule has 0 aromatic heterocycles. The first-order valence-corrected chi connectivity index (χ1v) is 10.9. The Morgan fingerprint density at radius 3 is 2.68 bits per heavy atom. The zero-order valence-corrected chi connectivity index (χ0v) is 18.6. The number of carbonyl (C=O) groups is 1. The number of piperazine rings is 1. The number of carbonyl (C=O) groups excluding carboxylic acids is 1. The third-order valence-electron chi connectivity index (χ3n) is 5.08. The first kappa shape index (κ1) is 22.5. The van der Waals surface area contributed by atoms with E-state index in [9.17, 15) is 4.79 Å². The molecule has 0 aliphatic carbocycles. The van der Waals surface area contributed by atoms with Gasteiger partial charge in [-0.15, -0.1) is 0 Å². The first-order chi connectivity index (χ1) is 15.0. The third kappa shape index (κ3) is 6.91. The molecule has 1 heterocycles. The molecule has 7 heteroatoms. The number of benzene rings is 2. The van der Waals surface area contributed by atoms with E-state index in [1.54, 1.807) is 0 Å². The van der Waals surface area contributed by atoms with Gasteiger partial charge in [0.1, 0.15) is 11.9 Å². The van der Waals surface area contributed by atoms with Crippen LogP contribution in [-0.4, -0.2) is 50.7 Å². The number of para-hydroxylation sites is 1. The van der Waals surface area contributed by atoms with Crippen LogP contribution in [0.1, 0.15) is 25.0 Å². The summed E-state index contributed by atoms with van der Waals surface area (Å²) in [5, 5.41) is 9.49. The minimum atomic E-state index is 0.00554. The Balaban J connectivity index is 1.52. The summed E-state index contributed by atoms with van der Waals surface area (Å²) in [5.41, 5.74) is 3.31. The van der Waals surface area contributed by atoms with Crippen LogP contribution >= 0.6 is 0 Å². The number of guanidine groups is 1. The Hall–Kier alpha value is -3.22. The van der Waals surface area contributed by atoms with Crippen molar-refractivity contribution in [1.29, 1.82) is 0 Å². The molecule has 3 rings (SSSR count). The van der Waals surface area contributed by atoms with Crippen molar-refractivity contribution in [3.05, 3.63) is 59.7 Å². The van der Waals surface area contributed by atoms with Crippen molar-refractivity contribution in [2.75, 3.05) is 37.6 Å². The number of amides is 1. The minimum absolute atomic E-state index is 0.00554. The third-order valence-corrected chi connectivity index (χ3v) is 5.08. The topological polar surface area (TPSA) is 78.0 Å². The second-order valence-corrected chi connectivity index (χ2v) is 7.71. The lowest BCUT2D eigenvalue weighted by Crippen LogP contribution is -2.47. The quantitative estimate of drug-likeness (QED) is 0.449. The molecule has 0 saturated carbocycles. The first-order valence-electron chi connectivity index (χ1n) is 10.9. The number of aryl methyl sites for hydroxylation is 1. The molecule has 1 aliphatic heterocycles. The fourth-order valence-corrected chi connectivity index (χ4v) is 3.37. The van der Waals surface area contributed by atoms with Crippen LogP contribution in [0.15, 0.2) is 53.5 Å². The predicted molar refractivity (Wildman–Crippen MR) is 126 cm³/mol. The van der Waals surface area contributed by atoms with Crippen LogP contribution in [0.25, 0.3) is 0 Å². The molecule has 1 aliphatic rings. The van der Waals surface area contributed by atoms with Crippen LogP contribution in [0.2, 0.25) is 0 Å². The summed E-state index contributed by atoms with van der Waals surface area (Å²) in [5.74, 6) is 1.74. The van der Waals surface area contributed by atoms with Crippen molar-refractivity contribution in [1.82, 2.24) is 16.0 Å². The molecule has 2 aromatic rings. The van der Waals surface area contributed by atoms with Crippen LogP contribution in [0.3, 0.4) is 0 Å². The second-order valence-electron chi connectivity index (χ2n) is 7.71. The lowest BCUT2D eigenvalue weighted by molar-refractivity contribution is -0.120. The zero-order valence-electron chi connectivity index (χ0n) is 18.6. The molecule has 0 radical (unpaired) electrons. The van der Waals surface area contributed by atoms with Crippen LogP contribution in [-0.2, 0) is 11.3 Å². The van der Waals surface area contributed by atoms with Crippen molar-refractivity contribution >= 4 is 17.6 Å². The number of aliphatic imine (C=N–C) groups is 1. The number of hydrogen-bond donors (Lipinski definition) is 3. The van der Waals surface area contributed by atoms with Crippen molar-refractivity contribution < 1.29 is 9.53 Å². The monoisotopic (exact) mass is 423 g/mol. The highest BCUT2D eigenvalue weighted by atomic mass is 16.5. The summed E-state index contributed by atoms with van der Waals surface area (Å²) in [7, 11) is 0. The van der Waals surface area contributed by atoms with E-state index in [0.29, 0.717) is 26.2 Å². The maximum absolute atomic E-state index is 11.6. The molecule has 3 N–H and O–H groups in total. The molecule has 0 bridgehead atoms. The van der Waals surface area contributed by atoms with Gasteiger partial charge < -0.3 is 25.6 Å². The van der Waals surface area contributed by atoms with Gasteiger partial charge in [-0.3, -0.25) is 4.79 Å². The van der Waals surface area contributed by atoms with E-state index >= 15 is 0 Å². The number of anilines is 1. The summed E-state index contributed by atoms with van der Waals surface area (Å²) >= 11 is 0. The molecular weight excluding hydrogens is 390 g/mol. The van der Waals surface area contributed by atoms with Crippen LogP contribution < -0.4 is 25.6 Å². The van der Waals surface area contributed by atoms with Crippen molar-refractivity contribution in [3.8, 4) is 5.75 Å². The van der Waals surface area contributed by atoms with E-state index in [-0.39, 0.29) is 12.0 Å². The van der Waals surface area contributed by atoms with Gasteiger partial charge in [-0.25, -0.2) is 4.99 Å². The molecule has 31 heavy (non-hydrogen) atoms. The highest BCUT2D eigenvalue weighted by Crippen LogP contribution is 2.18. The van der Waals surface area contributed by atoms with Crippen molar-refractivity contribution in [2.45, 2.75) is 33.4 Å². The van der Waals surface area contributed by atoms with E-state index in [1.165, 1.54) is 0 Å². The Kier molecular flexibility index (Phi) is 8.15. The van der Waals surface area contributed by atoms with Crippen LogP contribution in [0.4, 0.5) is 5.69 Å². The van der Waals surface area contributed by atoms with Gasteiger partial charge in [0.05, 0.1) is 19.6 Å². The van der Waals surface area contributed by atoms with Gasteiger partial charge in [-0.05, 0) is 50.1 Å². The molecule has 166 valence electrons. The number of rotatable bonds is 8. The second kappa shape index (κ2) is 11.2. The highest BCUT2D eigenvalue weighted by Gasteiger charge is 2.16. The summed E-state index contributed by atoms with van der Waals surface area (Å²) in [6.45, 7) is 10.1. The lowest BCUT2D eigenvalue weighted by atomic mass is 10.2. The van der Waals surface area contributed by atoms with Gasteiger partial charge in [0.2, 0.25) is 5.91 Å². The highest BCUT2D eigenvalue weighted by molar-refractivity contribution is 5.82. The predicted octanol–water partition coefficient (Wildman–Crippen LogP) is 2.45. The van der Waals surface area contributed by atoms with Gasteiger partial charge in [0.15, 0.2) is 5.96 Å². The van der Waals surface area contributed by atoms with Crippen LogP contribution in [0.5, 0.6) is 5.75 Å². The molecule has 1 fully saturated rings.